The minimum Gasteiger partial charge on any atom is -0.444 e. The van der Waals surface area contributed by atoms with Gasteiger partial charge in [-0.25, -0.2) is 9.78 Å². The van der Waals surface area contributed by atoms with Crippen LogP contribution in [-0.4, -0.2) is 80.9 Å². The zero-order chi connectivity index (χ0) is 25.7. The van der Waals surface area contributed by atoms with E-state index in [1.807, 2.05) is 43.0 Å². The molecule has 4 fully saturated rings. The number of aromatic nitrogens is 3. The molecule has 4 aliphatic rings. The van der Waals surface area contributed by atoms with E-state index in [-0.39, 0.29) is 24.1 Å². The summed E-state index contributed by atoms with van der Waals surface area (Å²) in [6.07, 6.45) is 4.51. The summed E-state index contributed by atoms with van der Waals surface area (Å²) in [6.45, 7) is 9.88. The summed E-state index contributed by atoms with van der Waals surface area (Å²) in [5, 5.41) is 11.9. The second kappa shape index (κ2) is 9.40. The van der Waals surface area contributed by atoms with Gasteiger partial charge in [0.1, 0.15) is 10.6 Å². The maximum Gasteiger partial charge on any atom is 0.410 e. The second-order valence-electron chi connectivity index (χ2n) is 11.4. The van der Waals surface area contributed by atoms with Crippen molar-refractivity contribution in [1.82, 2.24) is 29.9 Å². The van der Waals surface area contributed by atoms with Gasteiger partial charge < -0.3 is 19.9 Å². The monoisotopic (exact) mass is 522 g/mol. The van der Waals surface area contributed by atoms with Crippen LogP contribution in [0.15, 0.2) is 29.8 Å². The number of carbonyl (C=O) groups is 2. The fraction of sp³-hybridized carbons (Fsp3) is 0.556. The highest BCUT2D eigenvalue weighted by atomic mass is 32.1. The number of nitrogens with zero attached hydrogens (tertiary/aromatic N) is 5. The van der Waals surface area contributed by atoms with E-state index >= 15 is 0 Å². The van der Waals surface area contributed by atoms with Crippen LogP contribution < -0.4 is 5.32 Å². The Morgan fingerprint density at radius 2 is 1.92 bits per heavy atom. The molecule has 2 atom stereocenters. The molecule has 1 unspecified atom stereocenters. The van der Waals surface area contributed by atoms with E-state index in [2.05, 4.69) is 21.3 Å². The normalized spacial score (nSPS) is 25.5. The van der Waals surface area contributed by atoms with E-state index in [1.165, 1.54) is 0 Å². The number of amides is 2. The smallest absolute Gasteiger partial charge is 0.410 e. The quantitative estimate of drug-likeness (QED) is 0.553. The third-order valence-electron chi connectivity index (χ3n) is 7.74. The van der Waals surface area contributed by atoms with Crippen LogP contribution in [0, 0.1) is 5.92 Å². The fourth-order valence-electron chi connectivity index (χ4n) is 5.88. The first-order valence-corrected chi connectivity index (χ1v) is 14.1. The van der Waals surface area contributed by atoms with Crippen molar-refractivity contribution in [3.8, 4) is 10.6 Å². The Balaban J connectivity index is 1.31. The zero-order valence-corrected chi connectivity index (χ0v) is 22.5. The maximum atomic E-state index is 13.6. The molecule has 37 heavy (non-hydrogen) atoms. The van der Waals surface area contributed by atoms with Crippen molar-refractivity contribution < 1.29 is 14.3 Å². The summed E-state index contributed by atoms with van der Waals surface area (Å²) in [5.41, 5.74) is 1.79. The van der Waals surface area contributed by atoms with Gasteiger partial charge >= 0.3 is 6.09 Å². The first kappa shape index (κ1) is 24.4. The van der Waals surface area contributed by atoms with Crippen molar-refractivity contribution in [1.29, 1.82) is 0 Å². The number of carbonyl (C=O) groups excluding carboxylic acids is 2. The molecular weight excluding hydrogens is 488 g/mol. The van der Waals surface area contributed by atoms with Gasteiger partial charge in [-0.05, 0) is 71.2 Å². The number of hydrogen-bond acceptors (Lipinski definition) is 7. The van der Waals surface area contributed by atoms with Crippen molar-refractivity contribution in [2.75, 3.05) is 32.7 Å². The Morgan fingerprint density at radius 1 is 1.11 bits per heavy atom. The highest BCUT2D eigenvalue weighted by Crippen LogP contribution is 2.33. The summed E-state index contributed by atoms with van der Waals surface area (Å²) in [6, 6.07) is 6.20. The summed E-state index contributed by atoms with van der Waals surface area (Å²) in [7, 11) is 0. The molecule has 196 valence electrons. The van der Waals surface area contributed by atoms with Gasteiger partial charge in [-0.3, -0.25) is 9.48 Å². The van der Waals surface area contributed by atoms with Gasteiger partial charge in [-0.15, -0.1) is 11.3 Å². The van der Waals surface area contributed by atoms with E-state index in [0.29, 0.717) is 24.7 Å². The number of nitrogens with one attached hydrogen (secondary N) is 1. The number of thiazole rings is 1. The van der Waals surface area contributed by atoms with E-state index in [9.17, 15) is 9.59 Å². The lowest BCUT2D eigenvalue weighted by atomic mass is 9.84. The molecule has 2 aromatic heterocycles. The van der Waals surface area contributed by atoms with E-state index < -0.39 is 5.60 Å². The molecule has 4 aliphatic heterocycles. The summed E-state index contributed by atoms with van der Waals surface area (Å²) < 4.78 is 7.54. The average Bonchev–Trinajstić information content (AvgIpc) is 3.63. The molecule has 0 saturated carbocycles. The summed E-state index contributed by atoms with van der Waals surface area (Å²) in [5.74, 6) is 0.419. The summed E-state index contributed by atoms with van der Waals surface area (Å²) in [4.78, 5) is 34.9. The SMILES string of the molecule is CC(C)(C)OC(=O)N1CCC(n2nc(C(=O)N[C@@H]3CN4CCC3CC4)c3ccc(-c4nccs4)cc32)C1. The first-order valence-electron chi connectivity index (χ1n) is 13.2. The predicted octanol–water partition coefficient (Wildman–Crippen LogP) is 4.17. The van der Waals surface area contributed by atoms with Crippen LogP contribution in [0.3, 0.4) is 0 Å². The number of ether oxygens (including phenoxy) is 1. The molecule has 1 aromatic carbocycles. The van der Waals surface area contributed by atoms with Gasteiger partial charge in [0.15, 0.2) is 5.69 Å². The average molecular weight is 523 g/mol. The predicted molar refractivity (Wildman–Crippen MR) is 143 cm³/mol. The molecule has 4 saturated heterocycles. The Bertz CT molecular complexity index is 1310. The van der Waals surface area contributed by atoms with Crippen LogP contribution in [0.2, 0.25) is 0 Å². The van der Waals surface area contributed by atoms with Gasteiger partial charge in [0, 0.05) is 48.2 Å². The minimum atomic E-state index is -0.545. The third kappa shape index (κ3) is 4.84. The number of piperidine rings is 3. The molecule has 10 heteroatoms. The largest absolute Gasteiger partial charge is 0.444 e. The van der Waals surface area contributed by atoms with E-state index in [4.69, 9.17) is 9.84 Å². The number of hydrogen-bond donors (Lipinski definition) is 1. The lowest BCUT2D eigenvalue weighted by Crippen LogP contribution is -2.57. The third-order valence-corrected chi connectivity index (χ3v) is 8.56. The molecule has 1 N–H and O–H groups in total. The standard InChI is InChI=1S/C27H34N6O3S/c1-27(2,3)36-26(35)32-12-8-19(15-32)33-22-14-18(25-28-9-13-37-25)4-5-20(22)23(30-33)24(34)29-21-16-31-10-6-17(21)7-11-31/h4-5,9,13-14,17,19,21H,6-8,10-12,15-16H2,1-3H3,(H,29,34)/t19?,21-/m1/s1. The van der Waals surface area contributed by atoms with Crippen LogP contribution in [0.1, 0.15) is 56.6 Å². The van der Waals surface area contributed by atoms with Gasteiger partial charge in [0.25, 0.3) is 5.91 Å². The number of likely N-dealkylation sites (tertiary alicyclic amines) is 1. The molecule has 9 nitrogen and oxygen atoms in total. The summed E-state index contributed by atoms with van der Waals surface area (Å²) >= 11 is 1.58. The lowest BCUT2D eigenvalue weighted by molar-refractivity contribution is 0.0288. The Hall–Kier alpha value is -2.98. The van der Waals surface area contributed by atoms with Crippen molar-refractivity contribution in [3.05, 3.63) is 35.5 Å². The van der Waals surface area contributed by atoms with Gasteiger partial charge in [-0.2, -0.15) is 5.10 Å². The topological polar surface area (TPSA) is 92.6 Å². The van der Waals surface area contributed by atoms with Crippen molar-refractivity contribution in [2.45, 2.75) is 57.7 Å². The first-order chi connectivity index (χ1) is 17.7. The molecule has 6 heterocycles. The number of fused-ring (bicyclic) bond motifs is 4. The maximum absolute atomic E-state index is 13.6. The van der Waals surface area contributed by atoms with Gasteiger partial charge in [-0.1, -0.05) is 6.07 Å². The van der Waals surface area contributed by atoms with Crippen molar-refractivity contribution >= 4 is 34.2 Å². The van der Waals surface area contributed by atoms with Gasteiger partial charge in [0.05, 0.1) is 11.6 Å². The Labute approximate surface area is 220 Å². The van der Waals surface area contributed by atoms with Crippen molar-refractivity contribution in [3.63, 3.8) is 0 Å². The lowest BCUT2D eigenvalue weighted by Gasteiger charge is -2.44. The van der Waals surface area contributed by atoms with Crippen LogP contribution in [0.4, 0.5) is 4.79 Å². The van der Waals surface area contributed by atoms with Crippen LogP contribution in [0.5, 0.6) is 0 Å². The molecule has 0 spiro atoms. The Morgan fingerprint density at radius 3 is 2.59 bits per heavy atom. The molecule has 0 aliphatic carbocycles. The zero-order valence-electron chi connectivity index (χ0n) is 21.6. The molecule has 7 rings (SSSR count). The second-order valence-corrected chi connectivity index (χ2v) is 12.3. The van der Waals surface area contributed by atoms with Crippen LogP contribution in [0.25, 0.3) is 21.5 Å². The Kier molecular flexibility index (Phi) is 6.19. The van der Waals surface area contributed by atoms with E-state index in [1.54, 1.807) is 22.4 Å². The number of benzene rings is 1. The molecule has 3 aromatic rings. The highest BCUT2D eigenvalue weighted by Gasteiger charge is 2.37. The van der Waals surface area contributed by atoms with Crippen LogP contribution in [-0.2, 0) is 4.74 Å². The number of rotatable bonds is 4. The molecule has 0 radical (unpaired) electrons. The molecule has 2 amide bonds. The highest BCUT2D eigenvalue weighted by molar-refractivity contribution is 7.13. The van der Waals surface area contributed by atoms with E-state index in [0.717, 1.165) is 60.4 Å². The minimum absolute atomic E-state index is 0.0417. The molecular formula is C27H34N6O3S. The van der Waals surface area contributed by atoms with Crippen molar-refractivity contribution in [2.24, 2.45) is 5.92 Å². The fourth-order valence-corrected chi connectivity index (χ4v) is 6.52. The van der Waals surface area contributed by atoms with Gasteiger partial charge in [0.2, 0.25) is 0 Å². The van der Waals surface area contributed by atoms with Crippen LogP contribution >= 0.6 is 11.3 Å². The molecule has 2 bridgehead atoms.